The Kier molecular flexibility index (Phi) is 5.48. The Morgan fingerprint density at radius 2 is 2.21 bits per heavy atom. The molecule has 1 N–H and O–H groups in total. The number of amides is 1. The average molecular weight is 347 g/mol. The van der Waals surface area contributed by atoms with Crippen LogP contribution in [-0.4, -0.2) is 41.8 Å². The van der Waals surface area contributed by atoms with Crippen LogP contribution >= 0.6 is 11.6 Å². The van der Waals surface area contributed by atoms with Gasteiger partial charge in [-0.3, -0.25) is 4.79 Å². The third-order valence-electron chi connectivity index (χ3n) is 3.96. The number of carbonyl (C=O) groups is 1. The number of nitrogens with zero attached hydrogens (tertiary/aromatic N) is 3. The smallest absolute Gasteiger partial charge is 0.258 e. The summed E-state index contributed by atoms with van der Waals surface area (Å²) in [6.07, 6.45) is 3.75. The van der Waals surface area contributed by atoms with Crippen molar-refractivity contribution in [3.63, 3.8) is 0 Å². The number of rotatable bonds is 6. The Morgan fingerprint density at radius 1 is 1.33 bits per heavy atom. The lowest BCUT2D eigenvalue weighted by atomic mass is 10.2. The summed E-state index contributed by atoms with van der Waals surface area (Å²) in [4.78, 5) is 14.2. The SMILES string of the molecule is O=C(COc1ccccc1Cl)NC[C@H]1CCCN1c1cccnn1. The van der Waals surface area contributed by atoms with E-state index in [1.54, 1.807) is 18.3 Å². The molecule has 0 spiro atoms. The topological polar surface area (TPSA) is 67.3 Å². The molecule has 126 valence electrons. The number of hydrogen-bond donors (Lipinski definition) is 1. The highest BCUT2D eigenvalue weighted by molar-refractivity contribution is 6.32. The normalized spacial score (nSPS) is 16.9. The first-order valence-electron chi connectivity index (χ1n) is 7.92. The predicted molar refractivity (Wildman–Crippen MR) is 92.4 cm³/mol. The maximum Gasteiger partial charge on any atom is 0.258 e. The van der Waals surface area contributed by atoms with Crippen LogP contribution in [0.25, 0.3) is 0 Å². The van der Waals surface area contributed by atoms with Gasteiger partial charge in [0, 0.05) is 25.3 Å². The molecule has 0 unspecified atom stereocenters. The van der Waals surface area contributed by atoms with Crippen LogP contribution in [0.5, 0.6) is 5.75 Å². The van der Waals surface area contributed by atoms with Crippen LogP contribution in [0.1, 0.15) is 12.8 Å². The first-order valence-corrected chi connectivity index (χ1v) is 8.30. The van der Waals surface area contributed by atoms with Gasteiger partial charge in [-0.15, -0.1) is 5.10 Å². The lowest BCUT2D eigenvalue weighted by Gasteiger charge is -2.25. The van der Waals surface area contributed by atoms with Gasteiger partial charge in [0.25, 0.3) is 5.91 Å². The summed E-state index contributed by atoms with van der Waals surface area (Å²) >= 11 is 6.00. The van der Waals surface area contributed by atoms with Crippen molar-refractivity contribution in [1.29, 1.82) is 0 Å². The van der Waals surface area contributed by atoms with Crippen LogP contribution in [0, 0.1) is 0 Å². The molecule has 1 aliphatic rings. The van der Waals surface area contributed by atoms with Gasteiger partial charge in [-0.1, -0.05) is 23.7 Å². The van der Waals surface area contributed by atoms with Crippen LogP contribution in [0.4, 0.5) is 5.82 Å². The largest absolute Gasteiger partial charge is 0.482 e. The van der Waals surface area contributed by atoms with E-state index in [2.05, 4.69) is 20.4 Å². The highest BCUT2D eigenvalue weighted by Crippen LogP contribution is 2.23. The summed E-state index contributed by atoms with van der Waals surface area (Å²) < 4.78 is 5.45. The van der Waals surface area contributed by atoms with Gasteiger partial charge in [-0.2, -0.15) is 5.10 Å². The van der Waals surface area contributed by atoms with Crippen molar-refractivity contribution in [2.75, 3.05) is 24.6 Å². The second-order valence-corrected chi connectivity index (χ2v) is 6.00. The minimum Gasteiger partial charge on any atom is -0.482 e. The molecule has 1 saturated heterocycles. The van der Waals surface area contributed by atoms with Crippen molar-refractivity contribution in [3.8, 4) is 5.75 Å². The van der Waals surface area contributed by atoms with Crippen LogP contribution < -0.4 is 15.0 Å². The molecule has 1 atom stereocenters. The van der Waals surface area contributed by atoms with Gasteiger partial charge >= 0.3 is 0 Å². The lowest BCUT2D eigenvalue weighted by molar-refractivity contribution is -0.123. The molecule has 2 heterocycles. The summed E-state index contributed by atoms with van der Waals surface area (Å²) in [5.41, 5.74) is 0. The number of aromatic nitrogens is 2. The number of nitrogens with one attached hydrogen (secondary N) is 1. The monoisotopic (exact) mass is 346 g/mol. The molecule has 0 aliphatic carbocycles. The van der Waals surface area contributed by atoms with E-state index in [0.29, 0.717) is 17.3 Å². The molecule has 6 nitrogen and oxygen atoms in total. The molecule has 0 saturated carbocycles. The number of hydrogen-bond acceptors (Lipinski definition) is 5. The van der Waals surface area contributed by atoms with Crippen molar-refractivity contribution in [2.24, 2.45) is 0 Å². The van der Waals surface area contributed by atoms with E-state index in [0.717, 1.165) is 25.2 Å². The summed E-state index contributed by atoms with van der Waals surface area (Å²) in [5.74, 6) is 1.19. The Labute approximate surface area is 145 Å². The van der Waals surface area contributed by atoms with E-state index in [1.807, 2.05) is 24.3 Å². The first-order chi connectivity index (χ1) is 11.7. The third kappa shape index (κ3) is 4.14. The quantitative estimate of drug-likeness (QED) is 0.869. The van der Waals surface area contributed by atoms with Crippen molar-refractivity contribution in [1.82, 2.24) is 15.5 Å². The number of ether oxygens (including phenoxy) is 1. The van der Waals surface area contributed by atoms with E-state index in [9.17, 15) is 4.79 Å². The molecule has 3 rings (SSSR count). The second-order valence-electron chi connectivity index (χ2n) is 5.59. The van der Waals surface area contributed by atoms with E-state index < -0.39 is 0 Å². The number of halogens is 1. The van der Waals surface area contributed by atoms with E-state index >= 15 is 0 Å². The minimum atomic E-state index is -0.166. The highest BCUT2D eigenvalue weighted by Gasteiger charge is 2.26. The van der Waals surface area contributed by atoms with Crippen LogP contribution in [0.2, 0.25) is 5.02 Å². The zero-order chi connectivity index (χ0) is 16.8. The molecule has 1 aromatic heterocycles. The van der Waals surface area contributed by atoms with Crippen molar-refractivity contribution < 1.29 is 9.53 Å². The first kappa shape index (κ1) is 16.5. The molecule has 0 bridgehead atoms. The molecule has 24 heavy (non-hydrogen) atoms. The molecule has 1 aliphatic heterocycles. The fourth-order valence-corrected chi connectivity index (χ4v) is 2.97. The minimum absolute atomic E-state index is 0.0540. The van der Waals surface area contributed by atoms with Crippen LogP contribution in [0.15, 0.2) is 42.6 Å². The fourth-order valence-electron chi connectivity index (χ4n) is 2.78. The molecule has 1 aromatic carbocycles. The second kappa shape index (κ2) is 7.97. The molecule has 1 amide bonds. The Hall–Kier alpha value is -2.34. The maximum absolute atomic E-state index is 12.0. The Balaban J connectivity index is 1.48. The van der Waals surface area contributed by atoms with Gasteiger partial charge in [0.1, 0.15) is 5.75 Å². The van der Waals surface area contributed by atoms with Gasteiger partial charge in [-0.25, -0.2) is 0 Å². The number of carbonyl (C=O) groups excluding carboxylic acids is 1. The lowest BCUT2D eigenvalue weighted by Crippen LogP contribution is -2.42. The van der Waals surface area contributed by atoms with Crippen molar-refractivity contribution in [3.05, 3.63) is 47.6 Å². The fraction of sp³-hybridized carbons (Fsp3) is 0.353. The van der Waals surface area contributed by atoms with Crippen molar-refractivity contribution >= 4 is 23.3 Å². The Bertz CT molecular complexity index is 683. The van der Waals surface area contributed by atoms with E-state index in [1.165, 1.54) is 0 Å². The van der Waals surface area contributed by atoms with Gasteiger partial charge < -0.3 is 15.0 Å². The maximum atomic E-state index is 12.0. The van der Waals surface area contributed by atoms with Gasteiger partial charge in [0.2, 0.25) is 0 Å². The summed E-state index contributed by atoms with van der Waals surface area (Å²) in [6, 6.07) is 11.1. The predicted octanol–water partition coefficient (Wildman–Crippen LogP) is 2.29. The molecule has 7 heteroatoms. The zero-order valence-electron chi connectivity index (χ0n) is 13.2. The number of anilines is 1. The highest BCUT2D eigenvalue weighted by atomic mass is 35.5. The third-order valence-corrected chi connectivity index (χ3v) is 4.27. The molecular formula is C17H19ClN4O2. The summed E-state index contributed by atoms with van der Waals surface area (Å²) in [7, 11) is 0. The number of benzene rings is 1. The standard InChI is InChI=1S/C17H19ClN4O2/c18-14-6-1-2-7-15(14)24-12-17(23)19-11-13-5-4-10-22(13)16-8-3-9-20-21-16/h1-3,6-9,13H,4-5,10-12H2,(H,19,23)/t13-/m1/s1. The average Bonchev–Trinajstić information content (AvgIpc) is 3.08. The van der Waals surface area contributed by atoms with E-state index in [-0.39, 0.29) is 18.6 Å². The molecule has 2 aromatic rings. The van der Waals surface area contributed by atoms with Gasteiger partial charge in [0.15, 0.2) is 12.4 Å². The van der Waals surface area contributed by atoms with Gasteiger partial charge in [0.05, 0.1) is 5.02 Å². The van der Waals surface area contributed by atoms with Gasteiger partial charge in [-0.05, 0) is 37.1 Å². The zero-order valence-corrected chi connectivity index (χ0v) is 13.9. The van der Waals surface area contributed by atoms with Crippen LogP contribution in [-0.2, 0) is 4.79 Å². The molecule has 1 fully saturated rings. The van der Waals surface area contributed by atoms with E-state index in [4.69, 9.17) is 16.3 Å². The Morgan fingerprint density at radius 3 is 3.00 bits per heavy atom. The molecule has 0 radical (unpaired) electrons. The summed E-state index contributed by atoms with van der Waals surface area (Å²) in [5, 5.41) is 11.5. The number of para-hydroxylation sites is 1. The van der Waals surface area contributed by atoms with Crippen LogP contribution in [0.3, 0.4) is 0 Å². The van der Waals surface area contributed by atoms with Crippen molar-refractivity contribution in [2.45, 2.75) is 18.9 Å². The molecular weight excluding hydrogens is 328 g/mol. The summed E-state index contributed by atoms with van der Waals surface area (Å²) in [6.45, 7) is 1.43.